The molecule has 2 heterocycles. The summed E-state index contributed by atoms with van der Waals surface area (Å²) < 4.78 is 23.5. The van der Waals surface area contributed by atoms with Crippen molar-refractivity contribution in [3.8, 4) is 0 Å². The number of aromatic nitrogens is 3. The van der Waals surface area contributed by atoms with Gasteiger partial charge in [0.15, 0.2) is 9.84 Å². The number of nitrogens with one attached hydrogen (secondary N) is 1. The largest absolute Gasteiger partial charge is 0.364 e. The van der Waals surface area contributed by atoms with Crippen LogP contribution in [0.2, 0.25) is 0 Å². The van der Waals surface area contributed by atoms with Gasteiger partial charge in [0, 0.05) is 17.0 Å². The van der Waals surface area contributed by atoms with Crippen molar-refractivity contribution in [3.63, 3.8) is 0 Å². The molecule has 0 spiro atoms. The number of thiazole rings is 1. The lowest BCUT2D eigenvalue weighted by Gasteiger charge is -2.08. The molecule has 1 aromatic carbocycles. The van der Waals surface area contributed by atoms with E-state index in [-0.39, 0.29) is 4.90 Å². The molecule has 0 radical (unpaired) electrons. The lowest BCUT2D eigenvalue weighted by atomic mass is 10.2. The Labute approximate surface area is 138 Å². The molecule has 6 nitrogen and oxygen atoms in total. The summed E-state index contributed by atoms with van der Waals surface area (Å²) in [4.78, 5) is 13.2. The van der Waals surface area contributed by atoms with Gasteiger partial charge in [-0.3, -0.25) is 0 Å². The molecule has 0 saturated carbocycles. The molecule has 0 aliphatic carbocycles. The molecule has 23 heavy (non-hydrogen) atoms. The minimum absolute atomic E-state index is 0.254. The van der Waals surface area contributed by atoms with Gasteiger partial charge >= 0.3 is 0 Å². The van der Waals surface area contributed by atoms with Crippen molar-refractivity contribution in [3.05, 3.63) is 40.6 Å². The topological polar surface area (TPSA) is 84.8 Å². The van der Waals surface area contributed by atoms with Crippen LogP contribution in [0.25, 0.3) is 10.9 Å². The first kappa shape index (κ1) is 15.8. The first-order valence-electron chi connectivity index (χ1n) is 7.09. The highest BCUT2D eigenvalue weighted by atomic mass is 32.2. The molecular weight excluding hydrogens is 332 g/mol. The van der Waals surface area contributed by atoms with Crippen molar-refractivity contribution in [1.82, 2.24) is 15.0 Å². The van der Waals surface area contributed by atoms with E-state index < -0.39 is 9.84 Å². The smallest absolute Gasteiger partial charge is 0.175 e. The molecule has 1 N–H and O–H groups in total. The first-order chi connectivity index (χ1) is 11.0. The number of hydrogen-bond acceptors (Lipinski definition) is 7. The maximum Gasteiger partial charge on any atom is 0.175 e. The van der Waals surface area contributed by atoms with Crippen molar-refractivity contribution in [2.75, 3.05) is 11.6 Å². The first-order valence-corrected chi connectivity index (χ1v) is 9.86. The van der Waals surface area contributed by atoms with E-state index in [1.54, 1.807) is 29.5 Å². The zero-order chi connectivity index (χ0) is 16.4. The number of fused-ring (bicyclic) bond motifs is 1. The maximum absolute atomic E-state index is 11.7. The van der Waals surface area contributed by atoms with Gasteiger partial charge in [0.2, 0.25) is 0 Å². The number of nitrogens with zero attached hydrogens (tertiary/aromatic N) is 3. The Bertz CT molecular complexity index is 951. The summed E-state index contributed by atoms with van der Waals surface area (Å²) in [5, 5.41) is 7.00. The van der Waals surface area contributed by atoms with Gasteiger partial charge in [-0.2, -0.15) is 0 Å². The van der Waals surface area contributed by atoms with Crippen LogP contribution in [0.3, 0.4) is 0 Å². The van der Waals surface area contributed by atoms with Gasteiger partial charge in [-0.1, -0.05) is 6.92 Å². The van der Waals surface area contributed by atoms with Gasteiger partial charge in [-0.05, 0) is 24.6 Å². The summed E-state index contributed by atoms with van der Waals surface area (Å²) in [5.74, 6) is 0.603. The zero-order valence-electron chi connectivity index (χ0n) is 12.8. The van der Waals surface area contributed by atoms with E-state index in [2.05, 4.69) is 27.2 Å². The standard InChI is InChI=1S/C15H16N4O2S2/c1-3-14-19-10(8-22-14)7-16-15-12-6-11(23(2,20)21)4-5-13(12)17-9-18-15/h4-6,8-9H,3,7H2,1-2H3,(H,16,17,18). The quantitative estimate of drug-likeness (QED) is 0.763. The van der Waals surface area contributed by atoms with Gasteiger partial charge in [0.1, 0.15) is 12.1 Å². The third kappa shape index (κ3) is 3.48. The second-order valence-corrected chi connectivity index (χ2v) is 8.07. The normalized spacial score (nSPS) is 11.7. The van der Waals surface area contributed by atoms with E-state index in [0.29, 0.717) is 23.3 Å². The molecule has 0 saturated heterocycles. The average molecular weight is 348 g/mol. The molecule has 0 atom stereocenters. The Kier molecular flexibility index (Phi) is 4.27. The third-order valence-electron chi connectivity index (χ3n) is 3.37. The molecule has 3 aromatic rings. The Morgan fingerprint density at radius 3 is 2.78 bits per heavy atom. The van der Waals surface area contributed by atoms with Crippen molar-refractivity contribution in [2.45, 2.75) is 24.8 Å². The Morgan fingerprint density at radius 2 is 2.09 bits per heavy atom. The van der Waals surface area contributed by atoms with E-state index >= 15 is 0 Å². The van der Waals surface area contributed by atoms with E-state index in [1.807, 2.05) is 5.38 Å². The van der Waals surface area contributed by atoms with Crippen LogP contribution < -0.4 is 5.32 Å². The Hall–Kier alpha value is -2.06. The maximum atomic E-state index is 11.7. The molecule has 120 valence electrons. The number of sulfone groups is 1. The SMILES string of the molecule is CCc1nc(CNc2ncnc3ccc(S(C)(=O)=O)cc23)cs1. The molecule has 8 heteroatoms. The molecule has 0 bridgehead atoms. The summed E-state index contributed by atoms with van der Waals surface area (Å²) in [5.41, 5.74) is 1.64. The van der Waals surface area contributed by atoms with E-state index in [1.165, 1.54) is 12.6 Å². The molecule has 0 unspecified atom stereocenters. The predicted molar refractivity (Wildman–Crippen MR) is 91.5 cm³/mol. The summed E-state index contributed by atoms with van der Waals surface area (Å²) in [6.45, 7) is 2.60. The molecule has 2 aromatic heterocycles. The predicted octanol–water partition coefficient (Wildman–Crippen LogP) is 2.66. The monoisotopic (exact) mass is 348 g/mol. The molecule has 0 aliphatic rings. The molecular formula is C15H16N4O2S2. The van der Waals surface area contributed by atoms with Crippen molar-refractivity contribution in [1.29, 1.82) is 0 Å². The minimum atomic E-state index is -3.27. The zero-order valence-corrected chi connectivity index (χ0v) is 14.4. The number of aryl methyl sites for hydroxylation is 1. The van der Waals surface area contributed by atoms with Crippen LogP contribution in [-0.2, 0) is 22.8 Å². The van der Waals surface area contributed by atoms with E-state index in [4.69, 9.17) is 0 Å². The van der Waals surface area contributed by atoms with Crippen LogP contribution >= 0.6 is 11.3 Å². The second-order valence-electron chi connectivity index (χ2n) is 5.11. The van der Waals surface area contributed by atoms with Crippen LogP contribution in [0.1, 0.15) is 17.6 Å². The molecule has 3 rings (SSSR count). The van der Waals surface area contributed by atoms with Crippen LogP contribution in [0, 0.1) is 0 Å². The van der Waals surface area contributed by atoms with Gasteiger partial charge in [0.05, 0.1) is 27.7 Å². The highest BCUT2D eigenvalue weighted by Gasteiger charge is 2.11. The van der Waals surface area contributed by atoms with Gasteiger partial charge in [0.25, 0.3) is 0 Å². The number of rotatable bonds is 5. The van der Waals surface area contributed by atoms with Crippen LogP contribution in [0.5, 0.6) is 0 Å². The lowest BCUT2D eigenvalue weighted by Crippen LogP contribution is -2.04. The van der Waals surface area contributed by atoms with Gasteiger partial charge in [-0.25, -0.2) is 23.4 Å². The Morgan fingerprint density at radius 1 is 1.26 bits per heavy atom. The number of anilines is 1. The van der Waals surface area contributed by atoms with Crippen molar-refractivity contribution in [2.24, 2.45) is 0 Å². The Balaban J connectivity index is 1.93. The van der Waals surface area contributed by atoms with Crippen LogP contribution in [-0.4, -0.2) is 29.6 Å². The molecule has 0 amide bonds. The lowest BCUT2D eigenvalue weighted by molar-refractivity contribution is 0.602. The fourth-order valence-electron chi connectivity index (χ4n) is 2.17. The highest BCUT2D eigenvalue weighted by Crippen LogP contribution is 2.23. The van der Waals surface area contributed by atoms with E-state index in [0.717, 1.165) is 17.1 Å². The second kappa shape index (κ2) is 6.21. The van der Waals surface area contributed by atoms with Crippen molar-refractivity contribution >= 4 is 37.9 Å². The number of hydrogen-bond donors (Lipinski definition) is 1. The fourth-order valence-corrected chi connectivity index (χ4v) is 3.57. The summed E-state index contributed by atoms with van der Waals surface area (Å²) >= 11 is 1.63. The molecule has 0 aliphatic heterocycles. The molecule has 0 fully saturated rings. The number of benzene rings is 1. The van der Waals surface area contributed by atoms with Gasteiger partial charge < -0.3 is 5.32 Å². The highest BCUT2D eigenvalue weighted by molar-refractivity contribution is 7.90. The summed E-state index contributed by atoms with van der Waals surface area (Å²) in [6, 6.07) is 4.85. The van der Waals surface area contributed by atoms with Crippen LogP contribution in [0.15, 0.2) is 34.8 Å². The minimum Gasteiger partial charge on any atom is -0.364 e. The average Bonchev–Trinajstić information content (AvgIpc) is 2.99. The van der Waals surface area contributed by atoms with Crippen LogP contribution in [0.4, 0.5) is 5.82 Å². The summed E-state index contributed by atoms with van der Waals surface area (Å²) in [6.07, 6.45) is 3.56. The summed E-state index contributed by atoms with van der Waals surface area (Å²) in [7, 11) is -3.27. The fraction of sp³-hybridized carbons (Fsp3) is 0.267. The van der Waals surface area contributed by atoms with Crippen molar-refractivity contribution < 1.29 is 8.42 Å². The van der Waals surface area contributed by atoms with Gasteiger partial charge in [-0.15, -0.1) is 11.3 Å². The third-order valence-corrected chi connectivity index (χ3v) is 5.53. The van der Waals surface area contributed by atoms with E-state index in [9.17, 15) is 8.42 Å².